The van der Waals surface area contributed by atoms with Gasteiger partial charge >= 0.3 is 0 Å². The van der Waals surface area contributed by atoms with Crippen molar-refractivity contribution in [3.8, 4) is 11.5 Å². The Balaban J connectivity index is 2.76. The lowest BCUT2D eigenvalue weighted by atomic mass is 10.1. The molecule has 1 aromatic carbocycles. The largest absolute Gasteiger partial charge is 0.504 e. The predicted molar refractivity (Wildman–Crippen MR) is 64.4 cm³/mol. The van der Waals surface area contributed by atoms with Gasteiger partial charge in [0.2, 0.25) is 0 Å². The molecule has 84 valence electrons. The number of aryl methyl sites for hydroxylation is 1. The molecule has 0 aliphatic rings. The quantitative estimate of drug-likeness (QED) is 0.811. The van der Waals surface area contributed by atoms with Crippen LogP contribution in [0.2, 0.25) is 0 Å². The Morgan fingerprint density at radius 1 is 1.40 bits per heavy atom. The maximum absolute atomic E-state index is 9.60. The number of rotatable bonds is 5. The molecule has 0 saturated carbocycles. The SMILES string of the molecule is COc1cc(Br)c(CCCCN)cc1O. The molecule has 1 rings (SSSR count). The number of nitrogens with two attached hydrogens (primary N) is 1. The zero-order chi connectivity index (χ0) is 11.3. The third kappa shape index (κ3) is 3.39. The van der Waals surface area contributed by atoms with Crippen molar-refractivity contribution in [3.05, 3.63) is 22.2 Å². The number of aromatic hydroxyl groups is 1. The standard InChI is InChI=1S/C11H16BrNO2/c1-15-11-7-9(12)8(6-10(11)14)4-2-3-5-13/h6-7,14H,2-5,13H2,1H3. The zero-order valence-corrected chi connectivity index (χ0v) is 10.4. The van der Waals surface area contributed by atoms with Crippen molar-refractivity contribution in [2.45, 2.75) is 19.3 Å². The molecule has 1 aromatic rings. The molecule has 0 amide bonds. The van der Waals surface area contributed by atoms with E-state index in [-0.39, 0.29) is 5.75 Å². The second kappa shape index (κ2) is 5.98. The normalized spacial score (nSPS) is 10.3. The Labute approximate surface area is 98.4 Å². The van der Waals surface area contributed by atoms with E-state index in [0.29, 0.717) is 12.3 Å². The van der Waals surface area contributed by atoms with E-state index < -0.39 is 0 Å². The van der Waals surface area contributed by atoms with Gasteiger partial charge in [0, 0.05) is 4.47 Å². The molecule has 4 heteroatoms. The van der Waals surface area contributed by atoms with Crippen LogP contribution in [0, 0.1) is 0 Å². The summed E-state index contributed by atoms with van der Waals surface area (Å²) in [6.45, 7) is 0.708. The first kappa shape index (κ1) is 12.3. The van der Waals surface area contributed by atoms with Crippen LogP contribution in [0.25, 0.3) is 0 Å². The van der Waals surface area contributed by atoms with Crippen LogP contribution in [0.3, 0.4) is 0 Å². The van der Waals surface area contributed by atoms with Gasteiger partial charge in [0.15, 0.2) is 11.5 Å². The van der Waals surface area contributed by atoms with Gasteiger partial charge in [-0.05, 0) is 43.5 Å². The Morgan fingerprint density at radius 3 is 2.73 bits per heavy atom. The highest BCUT2D eigenvalue weighted by Gasteiger charge is 2.07. The van der Waals surface area contributed by atoms with Gasteiger partial charge in [-0.2, -0.15) is 0 Å². The Morgan fingerprint density at radius 2 is 2.13 bits per heavy atom. The first-order chi connectivity index (χ1) is 7.19. The average molecular weight is 274 g/mol. The van der Waals surface area contributed by atoms with E-state index >= 15 is 0 Å². The number of phenolic OH excluding ortho intramolecular Hbond substituents is 1. The van der Waals surface area contributed by atoms with Crippen molar-refractivity contribution in [3.63, 3.8) is 0 Å². The lowest BCUT2D eigenvalue weighted by Gasteiger charge is -2.08. The summed E-state index contributed by atoms with van der Waals surface area (Å²) in [5.41, 5.74) is 6.51. The summed E-state index contributed by atoms with van der Waals surface area (Å²) < 4.78 is 5.97. The number of phenols is 1. The zero-order valence-electron chi connectivity index (χ0n) is 8.79. The minimum atomic E-state index is 0.184. The lowest BCUT2D eigenvalue weighted by molar-refractivity contribution is 0.372. The molecule has 0 aromatic heterocycles. The number of unbranched alkanes of at least 4 members (excludes halogenated alkanes) is 1. The van der Waals surface area contributed by atoms with Gasteiger partial charge in [-0.3, -0.25) is 0 Å². The van der Waals surface area contributed by atoms with Gasteiger partial charge in [0.25, 0.3) is 0 Å². The molecule has 0 atom stereocenters. The third-order valence-electron chi connectivity index (χ3n) is 2.25. The van der Waals surface area contributed by atoms with Crippen molar-refractivity contribution in [1.29, 1.82) is 0 Å². The maximum atomic E-state index is 9.60. The molecule has 0 aliphatic heterocycles. The molecule has 0 bridgehead atoms. The minimum absolute atomic E-state index is 0.184. The number of hydrogen-bond donors (Lipinski definition) is 2. The van der Waals surface area contributed by atoms with Gasteiger partial charge in [-0.25, -0.2) is 0 Å². The highest BCUT2D eigenvalue weighted by atomic mass is 79.9. The fourth-order valence-corrected chi connectivity index (χ4v) is 1.92. The first-order valence-corrected chi connectivity index (χ1v) is 5.73. The molecule has 0 spiro atoms. The Bertz CT molecular complexity index is 329. The van der Waals surface area contributed by atoms with Crippen LogP contribution in [0.4, 0.5) is 0 Å². The van der Waals surface area contributed by atoms with Gasteiger partial charge in [-0.1, -0.05) is 15.9 Å². The second-order valence-corrected chi connectivity index (χ2v) is 4.22. The molecular formula is C11H16BrNO2. The third-order valence-corrected chi connectivity index (χ3v) is 2.99. The van der Waals surface area contributed by atoms with Gasteiger partial charge in [0.1, 0.15) is 0 Å². The molecule has 0 heterocycles. The summed E-state index contributed by atoms with van der Waals surface area (Å²) in [5, 5.41) is 9.60. The summed E-state index contributed by atoms with van der Waals surface area (Å²) in [5.74, 6) is 0.674. The van der Waals surface area contributed by atoms with E-state index in [1.807, 2.05) is 0 Å². The van der Waals surface area contributed by atoms with Crippen molar-refractivity contribution < 1.29 is 9.84 Å². The monoisotopic (exact) mass is 273 g/mol. The predicted octanol–water partition coefficient (Wildman–Crippen LogP) is 2.44. The van der Waals surface area contributed by atoms with Crippen molar-refractivity contribution in [1.82, 2.24) is 0 Å². The highest BCUT2D eigenvalue weighted by Crippen LogP contribution is 2.32. The Kier molecular flexibility index (Phi) is 4.91. The van der Waals surface area contributed by atoms with Crippen LogP contribution in [-0.4, -0.2) is 18.8 Å². The van der Waals surface area contributed by atoms with E-state index in [1.54, 1.807) is 12.1 Å². The highest BCUT2D eigenvalue weighted by molar-refractivity contribution is 9.10. The van der Waals surface area contributed by atoms with Gasteiger partial charge in [0.05, 0.1) is 7.11 Å². The van der Waals surface area contributed by atoms with Gasteiger partial charge < -0.3 is 15.6 Å². The summed E-state index contributed by atoms with van der Waals surface area (Å²) in [7, 11) is 1.54. The summed E-state index contributed by atoms with van der Waals surface area (Å²) >= 11 is 3.45. The summed E-state index contributed by atoms with van der Waals surface area (Å²) in [6.07, 6.45) is 2.94. The second-order valence-electron chi connectivity index (χ2n) is 3.36. The number of methoxy groups -OCH3 is 1. The first-order valence-electron chi connectivity index (χ1n) is 4.94. The Hall–Kier alpha value is -0.740. The molecule has 0 aliphatic carbocycles. The lowest BCUT2D eigenvalue weighted by Crippen LogP contribution is -1.99. The van der Waals surface area contributed by atoms with Crippen LogP contribution >= 0.6 is 15.9 Å². The minimum Gasteiger partial charge on any atom is -0.504 e. The van der Waals surface area contributed by atoms with Crippen molar-refractivity contribution in [2.24, 2.45) is 5.73 Å². The van der Waals surface area contributed by atoms with Gasteiger partial charge in [-0.15, -0.1) is 0 Å². The number of benzene rings is 1. The number of ether oxygens (including phenoxy) is 1. The smallest absolute Gasteiger partial charge is 0.161 e. The fourth-order valence-electron chi connectivity index (χ4n) is 1.40. The summed E-state index contributed by atoms with van der Waals surface area (Å²) in [4.78, 5) is 0. The van der Waals surface area contributed by atoms with Crippen LogP contribution in [0.5, 0.6) is 11.5 Å². The molecule has 0 fully saturated rings. The van der Waals surface area contributed by atoms with E-state index in [9.17, 15) is 5.11 Å². The number of hydrogen-bond acceptors (Lipinski definition) is 3. The molecule has 3 nitrogen and oxygen atoms in total. The number of halogens is 1. The average Bonchev–Trinajstić information content (AvgIpc) is 2.23. The summed E-state index contributed by atoms with van der Waals surface area (Å²) in [6, 6.07) is 3.52. The van der Waals surface area contributed by atoms with Crippen LogP contribution < -0.4 is 10.5 Å². The van der Waals surface area contributed by atoms with Crippen LogP contribution in [-0.2, 0) is 6.42 Å². The molecule has 0 saturated heterocycles. The van der Waals surface area contributed by atoms with E-state index in [0.717, 1.165) is 29.3 Å². The van der Waals surface area contributed by atoms with E-state index in [2.05, 4.69) is 15.9 Å². The molecule has 15 heavy (non-hydrogen) atoms. The van der Waals surface area contributed by atoms with Crippen molar-refractivity contribution >= 4 is 15.9 Å². The maximum Gasteiger partial charge on any atom is 0.161 e. The van der Waals surface area contributed by atoms with Crippen LogP contribution in [0.15, 0.2) is 16.6 Å². The van der Waals surface area contributed by atoms with Crippen molar-refractivity contribution in [2.75, 3.05) is 13.7 Å². The topological polar surface area (TPSA) is 55.5 Å². The molecular weight excluding hydrogens is 258 g/mol. The van der Waals surface area contributed by atoms with Crippen LogP contribution in [0.1, 0.15) is 18.4 Å². The molecule has 3 N–H and O–H groups in total. The van der Waals surface area contributed by atoms with E-state index in [4.69, 9.17) is 10.5 Å². The molecule has 0 unspecified atom stereocenters. The fraction of sp³-hybridized carbons (Fsp3) is 0.455. The molecule has 0 radical (unpaired) electrons. The van der Waals surface area contributed by atoms with E-state index in [1.165, 1.54) is 7.11 Å².